The number of rotatable bonds is 5. The highest BCUT2D eigenvalue weighted by molar-refractivity contribution is 5.89. The van der Waals surface area contributed by atoms with Gasteiger partial charge in [-0.15, -0.1) is 0 Å². The summed E-state index contributed by atoms with van der Waals surface area (Å²) in [6.45, 7) is 4.74. The number of hydrogen-bond acceptors (Lipinski definition) is 3. The van der Waals surface area contributed by atoms with Crippen molar-refractivity contribution in [2.45, 2.75) is 25.8 Å². The number of benzene rings is 1. The van der Waals surface area contributed by atoms with Crippen molar-refractivity contribution in [3.05, 3.63) is 24.3 Å². The largest absolute Gasteiger partial charge is 0.497 e. The van der Waals surface area contributed by atoms with E-state index in [0.717, 1.165) is 43.9 Å². The van der Waals surface area contributed by atoms with Crippen molar-refractivity contribution < 1.29 is 9.53 Å². The zero-order chi connectivity index (χ0) is 14.4. The molecular formula is C15H23N3O2. The molecule has 5 nitrogen and oxygen atoms in total. The Kier molecular flexibility index (Phi) is 5.24. The number of carbonyl (C=O) groups is 1. The van der Waals surface area contributed by atoms with Gasteiger partial charge < -0.3 is 20.3 Å². The second-order valence-corrected chi connectivity index (χ2v) is 5.00. The van der Waals surface area contributed by atoms with Gasteiger partial charge in [0.05, 0.1) is 7.11 Å². The third-order valence-corrected chi connectivity index (χ3v) is 3.52. The molecule has 1 saturated heterocycles. The van der Waals surface area contributed by atoms with Crippen LogP contribution in [0.4, 0.5) is 10.5 Å². The maximum absolute atomic E-state index is 12.4. The summed E-state index contributed by atoms with van der Waals surface area (Å²) in [6, 6.07) is 7.69. The van der Waals surface area contributed by atoms with Gasteiger partial charge in [-0.25, -0.2) is 4.79 Å². The van der Waals surface area contributed by atoms with Gasteiger partial charge in [-0.1, -0.05) is 13.0 Å². The molecule has 1 unspecified atom stereocenters. The maximum Gasteiger partial charge on any atom is 0.322 e. The number of anilines is 1. The first kappa shape index (κ1) is 14.7. The molecular weight excluding hydrogens is 254 g/mol. The van der Waals surface area contributed by atoms with Crippen LogP contribution in [0.5, 0.6) is 5.75 Å². The Bertz CT molecular complexity index is 444. The summed E-state index contributed by atoms with van der Waals surface area (Å²) in [5, 5.41) is 6.26. The van der Waals surface area contributed by atoms with E-state index in [1.54, 1.807) is 7.11 Å². The molecule has 1 fully saturated rings. The van der Waals surface area contributed by atoms with Gasteiger partial charge in [0.25, 0.3) is 0 Å². The van der Waals surface area contributed by atoms with Gasteiger partial charge >= 0.3 is 6.03 Å². The van der Waals surface area contributed by atoms with E-state index in [0.29, 0.717) is 6.04 Å². The van der Waals surface area contributed by atoms with Crippen molar-refractivity contribution in [2.24, 2.45) is 0 Å². The molecule has 1 aliphatic heterocycles. The summed E-state index contributed by atoms with van der Waals surface area (Å²) < 4.78 is 5.17. The predicted octanol–water partition coefficient (Wildman–Crippen LogP) is 2.30. The minimum atomic E-state index is -0.0335. The number of nitrogens with one attached hydrogen (secondary N) is 2. The van der Waals surface area contributed by atoms with Crippen LogP contribution in [0.25, 0.3) is 0 Å². The topological polar surface area (TPSA) is 53.6 Å². The molecule has 0 aromatic heterocycles. The quantitative estimate of drug-likeness (QED) is 0.868. The predicted molar refractivity (Wildman–Crippen MR) is 80.3 cm³/mol. The minimum Gasteiger partial charge on any atom is -0.497 e. The molecule has 2 rings (SSSR count). The fourth-order valence-electron chi connectivity index (χ4n) is 2.49. The fraction of sp³-hybridized carbons (Fsp3) is 0.533. The second kappa shape index (κ2) is 7.14. The number of methoxy groups -OCH3 is 1. The van der Waals surface area contributed by atoms with E-state index in [-0.39, 0.29) is 6.03 Å². The molecule has 5 heteroatoms. The average Bonchev–Trinajstić information content (AvgIpc) is 2.98. The maximum atomic E-state index is 12.4. The van der Waals surface area contributed by atoms with Crippen LogP contribution in [0.15, 0.2) is 24.3 Å². The Morgan fingerprint density at radius 1 is 1.55 bits per heavy atom. The van der Waals surface area contributed by atoms with Crippen LogP contribution in [-0.2, 0) is 0 Å². The molecule has 1 aliphatic rings. The van der Waals surface area contributed by atoms with Crippen LogP contribution >= 0.6 is 0 Å². The van der Waals surface area contributed by atoms with Gasteiger partial charge in [-0.2, -0.15) is 0 Å². The summed E-state index contributed by atoms with van der Waals surface area (Å²) in [7, 11) is 1.62. The summed E-state index contributed by atoms with van der Waals surface area (Å²) in [5.41, 5.74) is 0.765. The highest BCUT2D eigenvalue weighted by Crippen LogP contribution is 2.18. The smallest absolute Gasteiger partial charge is 0.322 e. The van der Waals surface area contributed by atoms with Crippen LogP contribution in [0.3, 0.4) is 0 Å². The molecule has 0 spiro atoms. The van der Waals surface area contributed by atoms with E-state index < -0.39 is 0 Å². The van der Waals surface area contributed by atoms with E-state index in [9.17, 15) is 4.79 Å². The SMILES string of the molecule is CCCN(C(=O)Nc1cccc(OC)c1)C1CCNC1. The zero-order valence-corrected chi connectivity index (χ0v) is 12.2. The van der Waals surface area contributed by atoms with E-state index >= 15 is 0 Å². The van der Waals surface area contributed by atoms with E-state index in [2.05, 4.69) is 17.6 Å². The lowest BCUT2D eigenvalue weighted by Gasteiger charge is -2.28. The lowest BCUT2D eigenvalue weighted by Crippen LogP contribution is -2.44. The molecule has 1 atom stereocenters. The van der Waals surface area contributed by atoms with Crippen molar-refractivity contribution in [3.8, 4) is 5.75 Å². The van der Waals surface area contributed by atoms with Crippen LogP contribution in [0.1, 0.15) is 19.8 Å². The summed E-state index contributed by atoms with van der Waals surface area (Å²) in [4.78, 5) is 14.4. The number of carbonyl (C=O) groups excluding carboxylic acids is 1. The number of ether oxygens (including phenoxy) is 1. The van der Waals surface area contributed by atoms with E-state index in [1.807, 2.05) is 29.2 Å². The molecule has 20 heavy (non-hydrogen) atoms. The zero-order valence-electron chi connectivity index (χ0n) is 12.2. The first-order valence-corrected chi connectivity index (χ1v) is 7.17. The Morgan fingerprint density at radius 2 is 2.40 bits per heavy atom. The van der Waals surface area contributed by atoms with Gasteiger partial charge in [0, 0.05) is 30.9 Å². The molecule has 1 heterocycles. The standard InChI is InChI=1S/C15H23N3O2/c1-3-9-18(13-7-8-16-11-13)15(19)17-12-5-4-6-14(10-12)20-2/h4-6,10,13,16H,3,7-9,11H2,1-2H3,(H,17,19). The van der Waals surface area contributed by atoms with Gasteiger partial charge in [0.15, 0.2) is 0 Å². The van der Waals surface area contributed by atoms with Crippen molar-refractivity contribution in [1.82, 2.24) is 10.2 Å². The van der Waals surface area contributed by atoms with Crippen LogP contribution < -0.4 is 15.4 Å². The summed E-state index contributed by atoms with van der Waals surface area (Å²) in [5.74, 6) is 0.743. The normalized spacial score (nSPS) is 17.8. The number of amides is 2. The molecule has 0 saturated carbocycles. The third-order valence-electron chi connectivity index (χ3n) is 3.52. The third kappa shape index (κ3) is 3.63. The molecule has 1 aromatic carbocycles. The Hall–Kier alpha value is -1.75. The van der Waals surface area contributed by atoms with Crippen molar-refractivity contribution in [1.29, 1.82) is 0 Å². The first-order chi connectivity index (χ1) is 9.74. The number of nitrogens with zero attached hydrogens (tertiary/aromatic N) is 1. The Labute approximate surface area is 120 Å². The van der Waals surface area contributed by atoms with Crippen molar-refractivity contribution in [3.63, 3.8) is 0 Å². The average molecular weight is 277 g/mol. The summed E-state index contributed by atoms with van der Waals surface area (Å²) in [6.07, 6.45) is 1.98. The highest BCUT2D eigenvalue weighted by atomic mass is 16.5. The summed E-state index contributed by atoms with van der Waals surface area (Å²) >= 11 is 0. The van der Waals surface area contributed by atoms with Gasteiger partial charge in [-0.3, -0.25) is 0 Å². The van der Waals surface area contributed by atoms with Crippen LogP contribution in [0.2, 0.25) is 0 Å². The monoisotopic (exact) mass is 277 g/mol. The number of hydrogen-bond donors (Lipinski definition) is 2. The van der Waals surface area contributed by atoms with Crippen molar-refractivity contribution in [2.75, 3.05) is 32.1 Å². The van der Waals surface area contributed by atoms with Gasteiger partial charge in [-0.05, 0) is 31.5 Å². The van der Waals surface area contributed by atoms with Crippen molar-refractivity contribution >= 4 is 11.7 Å². The molecule has 0 aliphatic carbocycles. The molecule has 2 amide bonds. The number of urea groups is 1. The van der Waals surface area contributed by atoms with Gasteiger partial charge in [0.1, 0.15) is 5.75 Å². The molecule has 2 N–H and O–H groups in total. The molecule has 110 valence electrons. The lowest BCUT2D eigenvalue weighted by atomic mass is 10.2. The first-order valence-electron chi connectivity index (χ1n) is 7.17. The second-order valence-electron chi connectivity index (χ2n) is 5.00. The minimum absolute atomic E-state index is 0.0335. The lowest BCUT2D eigenvalue weighted by molar-refractivity contribution is 0.192. The Morgan fingerprint density at radius 3 is 3.05 bits per heavy atom. The molecule has 1 aromatic rings. The molecule has 0 bridgehead atoms. The fourth-order valence-corrected chi connectivity index (χ4v) is 2.49. The van der Waals surface area contributed by atoms with E-state index in [4.69, 9.17) is 4.74 Å². The van der Waals surface area contributed by atoms with Crippen LogP contribution in [0, 0.1) is 0 Å². The Balaban J connectivity index is 2.03. The molecule has 0 radical (unpaired) electrons. The van der Waals surface area contributed by atoms with E-state index in [1.165, 1.54) is 0 Å². The highest BCUT2D eigenvalue weighted by Gasteiger charge is 2.25. The van der Waals surface area contributed by atoms with Crippen LogP contribution in [-0.4, -0.2) is 43.7 Å². The van der Waals surface area contributed by atoms with Gasteiger partial charge in [0.2, 0.25) is 0 Å².